The summed E-state index contributed by atoms with van der Waals surface area (Å²) in [7, 11) is -4.03. The number of sulfonamides is 1. The maximum absolute atomic E-state index is 12.8. The summed E-state index contributed by atoms with van der Waals surface area (Å²) >= 11 is 0. The fraction of sp³-hybridized carbons (Fsp3) is 0.238. The zero-order chi connectivity index (χ0) is 23.1. The number of para-hydroxylation sites is 1. The highest BCUT2D eigenvalue weighted by Gasteiger charge is 2.33. The molecule has 168 valence electrons. The number of carbonyl (C=O) groups excluding carboxylic acids is 1. The van der Waals surface area contributed by atoms with Crippen LogP contribution in [0, 0.1) is 0 Å². The predicted octanol–water partition coefficient (Wildman–Crippen LogP) is 2.96. The second kappa shape index (κ2) is 8.06. The predicted molar refractivity (Wildman–Crippen MR) is 109 cm³/mol. The van der Waals surface area contributed by atoms with Gasteiger partial charge in [0.25, 0.3) is 5.91 Å². The minimum Gasteiger partial charge on any atom is -0.422 e. The molecule has 0 unspecified atom stereocenters. The molecule has 11 heteroatoms. The van der Waals surface area contributed by atoms with Crippen molar-refractivity contribution >= 4 is 26.9 Å². The maximum atomic E-state index is 12.8. The van der Waals surface area contributed by atoms with Crippen molar-refractivity contribution in [2.45, 2.75) is 11.1 Å². The molecular weight excluding hydrogens is 449 g/mol. The van der Waals surface area contributed by atoms with Gasteiger partial charge in [-0.05, 0) is 36.4 Å². The molecule has 4 rings (SSSR count). The molecule has 3 aromatic rings. The van der Waals surface area contributed by atoms with Gasteiger partial charge in [-0.3, -0.25) is 4.79 Å². The molecule has 0 aliphatic carbocycles. The summed E-state index contributed by atoms with van der Waals surface area (Å²) < 4.78 is 70.0. The zero-order valence-corrected chi connectivity index (χ0v) is 17.3. The number of amides is 1. The van der Waals surface area contributed by atoms with Crippen LogP contribution in [-0.4, -0.2) is 49.7 Å². The van der Waals surface area contributed by atoms with E-state index in [0.29, 0.717) is 23.1 Å². The lowest BCUT2D eigenvalue weighted by atomic mass is 10.1. The molecule has 2 heterocycles. The number of fused-ring (bicyclic) bond motifs is 1. The Morgan fingerprint density at radius 2 is 1.56 bits per heavy atom. The molecule has 1 saturated heterocycles. The van der Waals surface area contributed by atoms with Crippen molar-refractivity contribution in [1.29, 1.82) is 0 Å². The van der Waals surface area contributed by atoms with Crippen molar-refractivity contribution in [3.05, 3.63) is 76.1 Å². The number of rotatable bonds is 3. The molecule has 1 aliphatic heterocycles. The first-order valence-electron chi connectivity index (χ1n) is 9.57. The van der Waals surface area contributed by atoms with Crippen LogP contribution in [0.25, 0.3) is 11.0 Å². The fourth-order valence-electron chi connectivity index (χ4n) is 3.48. The van der Waals surface area contributed by atoms with Crippen molar-refractivity contribution in [2.75, 3.05) is 26.2 Å². The Morgan fingerprint density at radius 1 is 0.938 bits per heavy atom. The number of hydrogen-bond acceptors (Lipinski definition) is 5. The van der Waals surface area contributed by atoms with Crippen molar-refractivity contribution in [1.82, 2.24) is 9.21 Å². The standard InChI is InChI=1S/C21H17F3N2O5S/c22-21(23,24)15-5-7-16(8-6-15)32(29,30)26-11-9-25(10-12-26)19(27)17-13-14-3-1-2-4-18(14)31-20(17)28/h1-8,13H,9-12H2. The van der Waals surface area contributed by atoms with E-state index >= 15 is 0 Å². The molecule has 1 fully saturated rings. The van der Waals surface area contributed by atoms with E-state index in [2.05, 4.69) is 0 Å². The smallest absolute Gasteiger partial charge is 0.416 e. The minimum absolute atomic E-state index is 0.0188. The second-order valence-electron chi connectivity index (χ2n) is 7.20. The quantitative estimate of drug-likeness (QED) is 0.554. The van der Waals surface area contributed by atoms with Gasteiger partial charge >= 0.3 is 11.8 Å². The summed E-state index contributed by atoms with van der Waals surface area (Å²) in [6, 6.07) is 11.4. The molecule has 0 saturated carbocycles. The highest BCUT2D eigenvalue weighted by molar-refractivity contribution is 7.89. The van der Waals surface area contributed by atoms with E-state index < -0.39 is 33.3 Å². The van der Waals surface area contributed by atoms with Crippen molar-refractivity contribution in [3.63, 3.8) is 0 Å². The van der Waals surface area contributed by atoms with Crippen molar-refractivity contribution < 1.29 is 30.8 Å². The molecule has 32 heavy (non-hydrogen) atoms. The van der Waals surface area contributed by atoms with Gasteiger partial charge in [0.1, 0.15) is 11.1 Å². The van der Waals surface area contributed by atoms with Crippen LogP contribution in [-0.2, 0) is 16.2 Å². The number of benzene rings is 2. The normalized spacial score (nSPS) is 15.8. The Balaban J connectivity index is 1.48. The van der Waals surface area contributed by atoms with E-state index in [9.17, 15) is 31.2 Å². The van der Waals surface area contributed by atoms with Gasteiger partial charge in [0.05, 0.1) is 10.5 Å². The van der Waals surface area contributed by atoms with Crippen LogP contribution in [0.5, 0.6) is 0 Å². The summed E-state index contributed by atoms with van der Waals surface area (Å²) in [5, 5.41) is 0.582. The monoisotopic (exact) mass is 466 g/mol. The average Bonchev–Trinajstić information content (AvgIpc) is 2.78. The lowest BCUT2D eigenvalue weighted by Gasteiger charge is -2.33. The summed E-state index contributed by atoms with van der Waals surface area (Å²) in [5.74, 6) is -0.573. The third kappa shape index (κ3) is 4.13. The molecule has 7 nitrogen and oxygen atoms in total. The van der Waals surface area contributed by atoms with Gasteiger partial charge in [-0.2, -0.15) is 17.5 Å². The van der Waals surface area contributed by atoms with E-state index in [-0.39, 0.29) is 36.6 Å². The van der Waals surface area contributed by atoms with Gasteiger partial charge in [0.15, 0.2) is 0 Å². The Morgan fingerprint density at radius 3 is 2.19 bits per heavy atom. The highest BCUT2D eigenvalue weighted by Crippen LogP contribution is 2.30. The molecule has 0 radical (unpaired) electrons. The third-order valence-corrected chi connectivity index (χ3v) is 7.13. The summed E-state index contributed by atoms with van der Waals surface area (Å²) in [4.78, 5) is 26.1. The topological polar surface area (TPSA) is 87.9 Å². The van der Waals surface area contributed by atoms with Gasteiger partial charge < -0.3 is 9.32 Å². The molecule has 1 aromatic heterocycles. The first-order valence-corrected chi connectivity index (χ1v) is 11.0. The molecule has 0 N–H and O–H groups in total. The average molecular weight is 466 g/mol. The van der Waals surface area contributed by atoms with Gasteiger partial charge in [0, 0.05) is 31.6 Å². The molecule has 0 spiro atoms. The largest absolute Gasteiger partial charge is 0.422 e. The highest BCUT2D eigenvalue weighted by atomic mass is 32.2. The van der Waals surface area contributed by atoms with Crippen LogP contribution in [0.1, 0.15) is 15.9 Å². The van der Waals surface area contributed by atoms with E-state index in [1.54, 1.807) is 24.3 Å². The number of hydrogen-bond donors (Lipinski definition) is 0. The molecule has 2 aromatic carbocycles. The number of piperazine rings is 1. The van der Waals surface area contributed by atoms with Gasteiger partial charge in [0.2, 0.25) is 10.0 Å². The van der Waals surface area contributed by atoms with Gasteiger partial charge in [-0.25, -0.2) is 13.2 Å². The fourth-order valence-corrected chi connectivity index (χ4v) is 4.90. The molecule has 1 aliphatic rings. The lowest BCUT2D eigenvalue weighted by molar-refractivity contribution is -0.137. The Hall–Kier alpha value is -3.18. The SMILES string of the molecule is O=C(c1cc2ccccc2oc1=O)N1CCN(S(=O)(=O)c2ccc(C(F)(F)F)cc2)CC1. The summed E-state index contributed by atoms with van der Waals surface area (Å²) in [6.07, 6.45) is -4.57. The number of nitrogens with zero attached hydrogens (tertiary/aromatic N) is 2. The third-order valence-electron chi connectivity index (χ3n) is 5.22. The minimum atomic E-state index is -4.57. The van der Waals surface area contributed by atoms with E-state index in [1.807, 2.05) is 0 Å². The molecule has 0 atom stereocenters. The Labute approximate surface area is 180 Å². The molecule has 1 amide bonds. The Bertz CT molecular complexity index is 1330. The van der Waals surface area contributed by atoms with Crippen LogP contribution in [0.15, 0.2) is 68.7 Å². The van der Waals surface area contributed by atoms with Crippen LogP contribution in [0.4, 0.5) is 13.2 Å². The van der Waals surface area contributed by atoms with E-state index in [1.165, 1.54) is 11.0 Å². The Kier molecular flexibility index (Phi) is 5.55. The first-order chi connectivity index (χ1) is 15.1. The zero-order valence-electron chi connectivity index (χ0n) is 16.5. The van der Waals surface area contributed by atoms with E-state index in [0.717, 1.165) is 16.4 Å². The number of carbonyl (C=O) groups is 1. The van der Waals surface area contributed by atoms with Gasteiger partial charge in [-0.15, -0.1) is 0 Å². The van der Waals surface area contributed by atoms with E-state index in [4.69, 9.17) is 4.42 Å². The van der Waals surface area contributed by atoms with Gasteiger partial charge in [-0.1, -0.05) is 18.2 Å². The lowest BCUT2D eigenvalue weighted by Crippen LogP contribution is -2.51. The van der Waals surface area contributed by atoms with Crippen LogP contribution < -0.4 is 5.63 Å². The second-order valence-corrected chi connectivity index (χ2v) is 9.14. The number of halogens is 3. The van der Waals surface area contributed by atoms with Crippen LogP contribution >= 0.6 is 0 Å². The molecular formula is C21H17F3N2O5S. The summed E-state index contributed by atoms with van der Waals surface area (Å²) in [5.41, 5.74) is -1.53. The van der Waals surface area contributed by atoms with Crippen LogP contribution in [0.2, 0.25) is 0 Å². The van der Waals surface area contributed by atoms with Crippen molar-refractivity contribution in [2.24, 2.45) is 0 Å². The molecule has 0 bridgehead atoms. The van der Waals surface area contributed by atoms with Crippen LogP contribution in [0.3, 0.4) is 0 Å². The first kappa shape index (κ1) is 22.0. The number of alkyl halides is 3. The maximum Gasteiger partial charge on any atom is 0.416 e. The summed E-state index contributed by atoms with van der Waals surface area (Å²) in [6.45, 7) is -0.0854. The van der Waals surface area contributed by atoms with Crippen molar-refractivity contribution in [3.8, 4) is 0 Å².